The van der Waals surface area contributed by atoms with Crippen LogP contribution in [0.5, 0.6) is 0 Å². The van der Waals surface area contributed by atoms with Crippen molar-refractivity contribution >= 4 is 23.0 Å². The molecule has 0 bridgehead atoms. The average molecular weight is 291 g/mol. The maximum absolute atomic E-state index is 5.85. The highest BCUT2D eigenvalue weighted by Gasteiger charge is 2.20. The van der Waals surface area contributed by atoms with Crippen LogP contribution in [-0.4, -0.2) is 23.1 Å². The molecule has 0 aromatic carbocycles. The van der Waals surface area contributed by atoms with Crippen LogP contribution in [0.15, 0.2) is 12.1 Å². The number of anilines is 1. The summed E-state index contributed by atoms with van der Waals surface area (Å²) in [6.45, 7) is 6.42. The van der Waals surface area contributed by atoms with Gasteiger partial charge in [0, 0.05) is 18.8 Å². The van der Waals surface area contributed by atoms with Crippen LogP contribution in [-0.2, 0) is 0 Å². The smallest absolute Gasteiger partial charge is 0.139 e. The maximum atomic E-state index is 5.85. The lowest BCUT2D eigenvalue weighted by atomic mass is 9.96. The Balaban J connectivity index is 2.18. The monoisotopic (exact) mass is 291 g/mol. The lowest BCUT2D eigenvalue weighted by Gasteiger charge is -2.24. The molecule has 1 aliphatic rings. The molecular weight excluding hydrogens is 266 g/mol. The number of pyridine rings is 1. The fourth-order valence-corrected chi connectivity index (χ4v) is 3.21. The lowest BCUT2D eigenvalue weighted by Crippen LogP contribution is -2.28. The van der Waals surface area contributed by atoms with Crippen LogP contribution in [0, 0.1) is 12.8 Å². The molecule has 0 amide bonds. The molecule has 1 unspecified atom stereocenters. The van der Waals surface area contributed by atoms with E-state index in [9.17, 15) is 0 Å². The van der Waals surface area contributed by atoms with Crippen molar-refractivity contribution < 1.29 is 0 Å². The summed E-state index contributed by atoms with van der Waals surface area (Å²) in [4.78, 5) is 7.51. The summed E-state index contributed by atoms with van der Waals surface area (Å²) in [5, 5.41) is 0. The molecule has 2 N–H and O–H groups in total. The van der Waals surface area contributed by atoms with Crippen LogP contribution in [0.3, 0.4) is 0 Å². The van der Waals surface area contributed by atoms with Crippen molar-refractivity contribution in [3.05, 3.63) is 23.4 Å². The normalized spacial score (nSPS) is 19.7. The predicted molar refractivity (Wildman–Crippen MR) is 89.3 cm³/mol. The molecule has 1 atom stereocenters. The summed E-state index contributed by atoms with van der Waals surface area (Å²) in [6, 6.07) is 3.99. The molecule has 0 saturated carbocycles. The van der Waals surface area contributed by atoms with Gasteiger partial charge in [0.1, 0.15) is 10.8 Å². The predicted octanol–water partition coefficient (Wildman–Crippen LogP) is 3.43. The Kier molecular flexibility index (Phi) is 5.35. The lowest BCUT2D eigenvalue weighted by molar-refractivity contribution is 0.435. The molecule has 20 heavy (non-hydrogen) atoms. The minimum atomic E-state index is 0.446. The van der Waals surface area contributed by atoms with Crippen LogP contribution < -0.4 is 10.6 Å². The van der Waals surface area contributed by atoms with Gasteiger partial charge in [0.05, 0.1) is 5.56 Å². The Morgan fingerprint density at radius 1 is 1.40 bits per heavy atom. The summed E-state index contributed by atoms with van der Waals surface area (Å²) >= 11 is 5.17. The highest BCUT2D eigenvalue weighted by molar-refractivity contribution is 7.80. The number of hydrogen-bond acceptors (Lipinski definition) is 3. The van der Waals surface area contributed by atoms with Gasteiger partial charge in [-0.25, -0.2) is 4.98 Å². The largest absolute Gasteiger partial charge is 0.389 e. The zero-order valence-corrected chi connectivity index (χ0v) is 13.4. The topological polar surface area (TPSA) is 42.2 Å². The first kappa shape index (κ1) is 15.2. The molecule has 1 aliphatic heterocycles. The van der Waals surface area contributed by atoms with E-state index in [1.807, 2.05) is 19.1 Å². The van der Waals surface area contributed by atoms with Crippen molar-refractivity contribution in [1.82, 2.24) is 4.98 Å². The molecule has 0 radical (unpaired) electrons. The third kappa shape index (κ3) is 3.69. The number of nitrogens with two attached hydrogens (primary N) is 1. The van der Waals surface area contributed by atoms with Crippen LogP contribution in [0.4, 0.5) is 5.82 Å². The fourth-order valence-electron chi connectivity index (χ4n) is 3.05. The van der Waals surface area contributed by atoms with E-state index < -0.39 is 0 Å². The van der Waals surface area contributed by atoms with Gasteiger partial charge in [0.25, 0.3) is 0 Å². The standard InChI is InChI=1S/C16H25N3S/c1-3-5-13-6-4-10-19(11-9-13)16-14(15(17)20)8-7-12(2)18-16/h7-8,13H,3-6,9-11H2,1-2H3,(H2,17,20). The molecule has 1 aromatic rings. The van der Waals surface area contributed by atoms with Gasteiger partial charge in [-0.15, -0.1) is 0 Å². The van der Waals surface area contributed by atoms with Crippen molar-refractivity contribution in [3.8, 4) is 0 Å². The third-order valence-electron chi connectivity index (χ3n) is 4.12. The van der Waals surface area contributed by atoms with E-state index in [2.05, 4.69) is 16.8 Å². The molecule has 4 heteroatoms. The van der Waals surface area contributed by atoms with Crippen molar-refractivity contribution in [3.63, 3.8) is 0 Å². The van der Waals surface area contributed by atoms with E-state index in [0.29, 0.717) is 4.99 Å². The molecule has 2 rings (SSSR count). The second kappa shape index (κ2) is 7.02. The Bertz CT molecular complexity index is 473. The number of rotatable bonds is 4. The summed E-state index contributed by atoms with van der Waals surface area (Å²) < 4.78 is 0. The minimum absolute atomic E-state index is 0.446. The fraction of sp³-hybridized carbons (Fsp3) is 0.625. The second-order valence-electron chi connectivity index (χ2n) is 5.76. The van der Waals surface area contributed by atoms with E-state index in [4.69, 9.17) is 18.0 Å². The van der Waals surface area contributed by atoms with Gasteiger partial charge in [-0.2, -0.15) is 0 Å². The summed E-state index contributed by atoms with van der Waals surface area (Å²) in [5.41, 5.74) is 7.79. The quantitative estimate of drug-likeness (QED) is 0.863. The third-order valence-corrected chi connectivity index (χ3v) is 4.34. The first-order chi connectivity index (χ1) is 9.61. The van der Waals surface area contributed by atoms with Crippen LogP contribution >= 0.6 is 12.2 Å². The number of nitrogens with zero attached hydrogens (tertiary/aromatic N) is 2. The van der Waals surface area contributed by atoms with Gasteiger partial charge >= 0.3 is 0 Å². The summed E-state index contributed by atoms with van der Waals surface area (Å²) in [6.07, 6.45) is 6.44. The van der Waals surface area contributed by atoms with Gasteiger partial charge in [0.2, 0.25) is 0 Å². The van der Waals surface area contributed by atoms with Gasteiger partial charge in [-0.05, 0) is 44.2 Å². The average Bonchev–Trinajstić information content (AvgIpc) is 2.64. The Morgan fingerprint density at radius 3 is 2.90 bits per heavy atom. The van der Waals surface area contributed by atoms with Gasteiger partial charge in [-0.3, -0.25) is 0 Å². The molecule has 1 aromatic heterocycles. The van der Waals surface area contributed by atoms with Crippen LogP contribution in [0.2, 0.25) is 0 Å². The first-order valence-corrected chi connectivity index (χ1v) is 8.05. The maximum Gasteiger partial charge on any atom is 0.139 e. The van der Waals surface area contributed by atoms with E-state index in [0.717, 1.165) is 36.1 Å². The zero-order valence-electron chi connectivity index (χ0n) is 12.6. The van der Waals surface area contributed by atoms with Crippen molar-refractivity contribution in [2.24, 2.45) is 11.7 Å². The second-order valence-corrected chi connectivity index (χ2v) is 6.20. The van der Waals surface area contributed by atoms with Gasteiger partial charge in [0.15, 0.2) is 0 Å². The number of aromatic nitrogens is 1. The summed E-state index contributed by atoms with van der Waals surface area (Å²) in [7, 11) is 0. The SMILES string of the molecule is CCCC1CCCN(c2nc(C)ccc2C(N)=S)CC1. The molecular formula is C16H25N3S. The van der Waals surface area contributed by atoms with Gasteiger partial charge in [-0.1, -0.05) is 32.0 Å². The van der Waals surface area contributed by atoms with Crippen LogP contribution in [0.25, 0.3) is 0 Å². The van der Waals surface area contributed by atoms with Crippen LogP contribution in [0.1, 0.15) is 50.3 Å². The zero-order chi connectivity index (χ0) is 14.5. The molecule has 0 spiro atoms. The highest BCUT2D eigenvalue weighted by Crippen LogP contribution is 2.26. The number of aryl methyl sites for hydroxylation is 1. The van der Waals surface area contributed by atoms with E-state index in [-0.39, 0.29) is 0 Å². The molecule has 110 valence electrons. The molecule has 3 nitrogen and oxygen atoms in total. The highest BCUT2D eigenvalue weighted by atomic mass is 32.1. The van der Waals surface area contributed by atoms with E-state index >= 15 is 0 Å². The first-order valence-electron chi connectivity index (χ1n) is 7.64. The van der Waals surface area contributed by atoms with Gasteiger partial charge < -0.3 is 10.6 Å². The number of hydrogen-bond donors (Lipinski definition) is 1. The van der Waals surface area contributed by atoms with E-state index in [1.54, 1.807) is 0 Å². The summed E-state index contributed by atoms with van der Waals surface area (Å²) in [5.74, 6) is 1.85. The van der Waals surface area contributed by atoms with Crippen molar-refractivity contribution in [1.29, 1.82) is 0 Å². The Labute approximate surface area is 127 Å². The molecule has 2 heterocycles. The minimum Gasteiger partial charge on any atom is -0.389 e. The Morgan fingerprint density at radius 2 is 2.20 bits per heavy atom. The Hall–Kier alpha value is -1.16. The van der Waals surface area contributed by atoms with E-state index in [1.165, 1.54) is 32.1 Å². The molecule has 1 saturated heterocycles. The van der Waals surface area contributed by atoms with Crippen molar-refractivity contribution in [2.45, 2.75) is 46.0 Å². The molecule has 0 aliphatic carbocycles. The number of thiocarbonyl (C=S) groups is 1. The molecule has 1 fully saturated rings. The van der Waals surface area contributed by atoms with Crippen molar-refractivity contribution in [2.75, 3.05) is 18.0 Å².